The number of rotatable bonds is 8. The Morgan fingerprint density at radius 3 is 2.44 bits per heavy atom. The fourth-order valence-corrected chi connectivity index (χ4v) is 5.47. The average molecular weight is 484 g/mol. The number of aromatic nitrogens is 2. The zero-order valence-electron chi connectivity index (χ0n) is 20.6. The number of hydrogen-bond donors (Lipinski definition) is 1. The molecule has 1 N–H and O–H groups in total. The van der Waals surface area contributed by atoms with E-state index in [9.17, 15) is 9.59 Å². The monoisotopic (exact) mass is 483 g/mol. The molecule has 4 heterocycles. The Labute approximate surface area is 212 Å². The Morgan fingerprint density at radius 1 is 0.944 bits per heavy atom. The molecule has 1 atom stereocenters. The Morgan fingerprint density at radius 2 is 1.72 bits per heavy atom. The Hall–Kier alpha value is -3.58. The van der Waals surface area contributed by atoms with Crippen LogP contribution >= 0.6 is 0 Å². The van der Waals surface area contributed by atoms with E-state index in [2.05, 4.69) is 32.3 Å². The van der Waals surface area contributed by atoms with E-state index in [1.54, 1.807) is 18.5 Å². The average Bonchev–Trinajstić information content (AvgIpc) is 3.23. The van der Waals surface area contributed by atoms with Gasteiger partial charge in [0.2, 0.25) is 5.91 Å². The van der Waals surface area contributed by atoms with Gasteiger partial charge in [-0.25, -0.2) is 0 Å². The van der Waals surface area contributed by atoms with Crippen molar-refractivity contribution >= 4 is 11.8 Å². The van der Waals surface area contributed by atoms with E-state index in [0.29, 0.717) is 18.1 Å². The van der Waals surface area contributed by atoms with Crippen LogP contribution in [0.3, 0.4) is 0 Å². The second kappa shape index (κ2) is 11.0. The van der Waals surface area contributed by atoms with Crippen molar-refractivity contribution in [2.24, 2.45) is 5.41 Å². The summed E-state index contributed by atoms with van der Waals surface area (Å²) >= 11 is 0. The number of pyridine rings is 2. The van der Waals surface area contributed by atoms with Crippen molar-refractivity contribution in [1.29, 1.82) is 0 Å². The number of nitrogens with zero attached hydrogens (tertiary/aromatic N) is 4. The molecule has 2 fully saturated rings. The molecule has 7 heteroatoms. The number of amides is 2. The Kier molecular flexibility index (Phi) is 7.37. The minimum atomic E-state index is -0.218. The lowest BCUT2D eigenvalue weighted by Gasteiger charge is -2.38. The smallest absolute Gasteiger partial charge is 0.270 e. The van der Waals surface area contributed by atoms with Crippen molar-refractivity contribution < 1.29 is 9.59 Å². The fourth-order valence-electron chi connectivity index (χ4n) is 5.47. The maximum Gasteiger partial charge on any atom is 0.270 e. The van der Waals surface area contributed by atoms with E-state index in [0.717, 1.165) is 63.0 Å². The molecule has 0 aliphatic carbocycles. The summed E-state index contributed by atoms with van der Waals surface area (Å²) in [5.41, 5.74) is 2.38. The minimum absolute atomic E-state index is 0.0975. The van der Waals surface area contributed by atoms with E-state index in [-0.39, 0.29) is 17.4 Å². The van der Waals surface area contributed by atoms with E-state index >= 15 is 0 Å². The Balaban J connectivity index is 1.17. The highest BCUT2D eigenvalue weighted by atomic mass is 16.2. The van der Waals surface area contributed by atoms with Crippen molar-refractivity contribution in [1.82, 2.24) is 25.1 Å². The van der Waals surface area contributed by atoms with Gasteiger partial charge in [0.15, 0.2) is 0 Å². The van der Waals surface area contributed by atoms with Gasteiger partial charge in [0.25, 0.3) is 5.91 Å². The van der Waals surface area contributed by atoms with Crippen LogP contribution in [0.5, 0.6) is 0 Å². The van der Waals surface area contributed by atoms with E-state index in [4.69, 9.17) is 0 Å². The molecule has 2 aromatic heterocycles. The third-order valence-electron chi connectivity index (χ3n) is 7.65. The molecule has 7 nitrogen and oxygen atoms in total. The molecule has 1 aromatic carbocycles. The lowest BCUT2D eigenvalue weighted by atomic mass is 9.77. The lowest BCUT2D eigenvalue weighted by Crippen LogP contribution is -2.45. The number of carbonyl (C=O) groups is 2. The lowest BCUT2D eigenvalue weighted by molar-refractivity contribution is -0.138. The van der Waals surface area contributed by atoms with Crippen LogP contribution in [-0.4, -0.2) is 57.8 Å². The van der Waals surface area contributed by atoms with Crippen LogP contribution in [0, 0.1) is 5.41 Å². The molecule has 1 unspecified atom stereocenters. The molecule has 0 radical (unpaired) electrons. The molecule has 2 amide bonds. The summed E-state index contributed by atoms with van der Waals surface area (Å²) in [5.74, 6) is 0.142. The zero-order valence-corrected chi connectivity index (χ0v) is 20.6. The highest BCUT2D eigenvalue weighted by Crippen LogP contribution is 2.42. The minimum Gasteiger partial charge on any atom is -0.344 e. The largest absolute Gasteiger partial charge is 0.344 e. The summed E-state index contributed by atoms with van der Waals surface area (Å²) in [5, 5.41) is 3.18. The zero-order chi connectivity index (χ0) is 24.8. The molecular weight excluding hydrogens is 450 g/mol. The predicted octanol–water partition coefficient (Wildman–Crippen LogP) is 3.85. The number of hydrogen-bond acceptors (Lipinski definition) is 5. The van der Waals surface area contributed by atoms with Crippen molar-refractivity contribution in [3.8, 4) is 0 Å². The van der Waals surface area contributed by atoms with Gasteiger partial charge in [0.1, 0.15) is 5.69 Å². The third kappa shape index (κ3) is 5.46. The van der Waals surface area contributed by atoms with Gasteiger partial charge < -0.3 is 15.1 Å². The molecule has 2 saturated heterocycles. The van der Waals surface area contributed by atoms with E-state index in [1.165, 1.54) is 0 Å². The molecule has 2 aliphatic heterocycles. The van der Waals surface area contributed by atoms with E-state index < -0.39 is 0 Å². The van der Waals surface area contributed by atoms with Crippen LogP contribution in [0.1, 0.15) is 53.3 Å². The second-order valence-electron chi connectivity index (χ2n) is 9.90. The maximum absolute atomic E-state index is 13.3. The highest BCUT2D eigenvalue weighted by Gasteiger charge is 2.47. The number of benzene rings is 1. The summed E-state index contributed by atoms with van der Waals surface area (Å²) < 4.78 is 0. The predicted molar refractivity (Wildman–Crippen MR) is 138 cm³/mol. The summed E-state index contributed by atoms with van der Waals surface area (Å²) in [6.07, 6.45) is 8.77. The van der Waals surface area contributed by atoms with Crippen LogP contribution in [0.4, 0.5) is 0 Å². The molecule has 5 rings (SSSR count). The van der Waals surface area contributed by atoms with E-state index in [1.807, 2.05) is 53.6 Å². The summed E-state index contributed by atoms with van der Waals surface area (Å²) in [7, 11) is 0. The van der Waals surface area contributed by atoms with Gasteiger partial charge in [-0.2, -0.15) is 0 Å². The van der Waals surface area contributed by atoms with Crippen molar-refractivity contribution in [3.05, 3.63) is 96.1 Å². The van der Waals surface area contributed by atoms with Gasteiger partial charge in [0, 0.05) is 38.2 Å². The summed E-state index contributed by atoms with van der Waals surface area (Å²) in [6.45, 7) is 4.15. The first kappa shape index (κ1) is 24.1. The van der Waals surface area contributed by atoms with Gasteiger partial charge in [-0.1, -0.05) is 42.5 Å². The van der Waals surface area contributed by atoms with Crippen molar-refractivity contribution in [2.45, 2.75) is 38.3 Å². The number of likely N-dealkylation sites (tertiary alicyclic amines) is 2. The first-order valence-corrected chi connectivity index (χ1v) is 12.8. The number of piperidine rings is 1. The number of carbonyl (C=O) groups excluding carboxylic acids is 2. The molecule has 1 spiro atoms. The van der Waals surface area contributed by atoms with Gasteiger partial charge in [-0.15, -0.1) is 0 Å². The quantitative estimate of drug-likeness (QED) is 0.527. The summed E-state index contributed by atoms with van der Waals surface area (Å²) in [6, 6.07) is 19.3. The molecular formula is C29H33N5O2. The molecule has 186 valence electrons. The Bertz CT molecular complexity index is 1150. The number of nitrogens with one attached hydrogen (secondary N) is 1. The first-order chi connectivity index (χ1) is 17.6. The normalized spacial score (nSPS) is 18.3. The molecule has 0 bridgehead atoms. The fraction of sp³-hybridized carbons (Fsp3) is 0.379. The van der Waals surface area contributed by atoms with Gasteiger partial charge in [0.05, 0.1) is 11.5 Å². The third-order valence-corrected chi connectivity index (χ3v) is 7.65. The van der Waals surface area contributed by atoms with Crippen LogP contribution < -0.4 is 5.32 Å². The summed E-state index contributed by atoms with van der Waals surface area (Å²) in [4.78, 5) is 39.0. The maximum atomic E-state index is 13.3. The van der Waals surface area contributed by atoms with Crippen LogP contribution in [0.25, 0.3) is 0 Å². The van der Waals surface area contributed by atoms with Crippen molar-refractivity contribution in [3.63, 3.8) is 0 Å². The standard InChI is InChI=1S/C29H33N5O2/c35-27(26-10-4-5-16-31-26)32-25(24-8-2-1-3-9-24)11-17-33-18-12-29(13-19-33)14-20-34(28(29)36)22-23-7-6-15-30-21-23/h1-10,15-16,21,25H,11-14,17-20,22H2,(H,32,35). The van der Waals surface area contributed by atoms with Gasteiger partial charge >= 0.3 is 0 Å². The molecule has 3 aromatic rings. The van der Waals surface area contributed by atoms with Gasteiger partial charge in [-0.3, -0.25) is 19.6 Å². The SMILES string of the molecule is O=C(NC(CCN1CCC2(CC1)CCN(Cc1cccnc1)C2=O)c1ccccc1)c1ccccn1. The van der Waals surface area contributed by atoms with Crippen LogP contribution in [-0.2, 0) is 11.3 Å². The first-order valence-electron chi connectivity index (χ1n) is 12.8. The van der Waals surface area contributed by atoms with Gasteiger partial charge in [-0.05, 0) is 68.1 Å². The molecule has 0 saturated carbocycles. The van der Waals surface area contributed by atoms with Crippen LogP contribution in [0.15, 0.2) is 79.3 Å². The van der Waals surface area contributed by atoms with Crippen LogP contribution in [0.2, 0.25) is 0 Å². The second-order valence-corrected chi connectivity index (χ2v) is 9.90. The van der Waals surface area contributed by atoms with Crippen molar-refractivity contribution in [2.75, 3.05) is 26.2 Å². The molecule has 2 aliphatic rings. The topological polar surface area (TPSA) is 78.4 Å². The molecule has 36 heavy (non-hydrogen) atoms. The highest BCUT2D eigenvalue weighted by molar-refractivity contribution is 5.92.